The van der Waals surface area contributed by atoms with Gasteiger partial charge in [-0.1, -0.05) is 30.3 Å². The smallest absolute Gasteiger partial charge is 0.306 e. The van der Waals surface area contributed by atoms with Gasteiger partial charge in [0.05, 0.1) is 12.9 Å². The fourth-order valence-corrected chi connectivity index (χ4v) is 5.42. The zero-order valence-electron chi connectivity index (χ0n) is 23.1. The standard InChI is InChI=1S/C28H38N6O5/c1-19(2)33(13-9-8-12-22(35)36-15-20-10-6-5-7-11-20)14-21-24-28(16-37-21,39-27(3,4)38-24)34-18-32-23-25(29)30-17-31-26(23)34/h5-7,10-11,17-19,21,24H,8-9,12-16H2,1-4H3,(H2,29,30,31)/t21-,24-,28+/m1/s1. The van der Waals surface area contributed by atoms with Crippen LogP contribution in [0.5, 0.6) is 0 Å². The number of esters is 1. The highest BCUT2D eigenvalue weighted by atomic mass is 16.8. The van der Waals surface area contributed by atoms with Crippen molar-refractivity contribution in [2.24, 2.45) is 0 Å². The van der Waals surface area contributed by atoms with E-state index in [1.807, 2.05) is 48.7 Å². The largest absolute Gasteiger partial charge is 0.461 e. The second-order valence-electron chi connectivity index (χ2n) is 11.0. The Labute approximate surface area is 228 Å². The third kappa shape index (κ3) is 5.76. The number of aromatic nitrogens is 4. The Morgan fingerprint density at radius 2 is 2.00 bits per heavy atom. The van der Waals surface area contributed by atoms with E-state index in [1.54, 1.807) is 6.33 Å². The zero-order chi connectivity index (χ0) is 27.6. The van der Waals surface area contributed by atoms with E-state index in [9.17, 15) is 4.79 Å². The number of nitrogens with zero attached hydrogens (tertiary/aromatic N) is 5. The van der Waals surface area contributed by atoms with Crippen LogP contribution in [0.25, 0.3) is 11.2 Å². The van der Waals surface area contributed by atoms with E-state index in [4.69, 9.17) is 24.7 Å². The number of nitrogens with two attached hydrogens (primary N) is 1. The molecule has 11 nitrogen and oxygen atoms in total. The molecule has 11 heteroatoms. The van der Waals surface area contributed by atoms with Crippen LogP contribution >= 0.6 is 0 Å². The summed E-state index contributed by atoms with van der Waals surface area (Å²) >= 11 is 0. The highest BCUT2D eigenvalue weighted by molar-refractivity contribution is 5.81. The molecule has 2 aromatic heterocycles. The molecule has 0 saturated carbocycles. The van der Waals surface area contributed by atoms with Crippen molar-refractivity contribution < 1.29 is 23.7 Å². The molecule has 0 bridgehead atoms. The van der Waals surface area contributed by atoms with Gasteiger partial charge in [-0.2, -0.15) is 0 Å². The third-order valence-electron chi connectivity index (χ3n) is 7.35. The van der Waals surface area contributed by atoms with Crippen LogP contribution in [0.1, 0.15) is 52.5 Å². The van der Waals surface area contributed by atoms with Crippen LogP contribution in [0.15, 0.2) is 43.0 Å². The topological polar surface area (TPSA) is 127 Å². The van der Waals surface area contributed by atoms with Gasteiger partial charge in [0, 0.05) is 19.0 Å². The van der Waals surface area contributed by atoms with Gasteiger partial charge in [-0.05, 0) is 52.6 Å². The van der Waals surface area contributed by atoms with E-state index in [1.165, 1.54) is 6.33 Å². The number of hydrogen-bond donors (Lipinski definition) is 1. The summed E-state index contributed by atoms with van der Waals surface area (Å²) in [6.07, 6.45) is 4.51. The third-order valence-corrected chi connectivity index (χ3v) is 7.35. The number of rotatable bonds is 11. The molecule has 0 radical (unpaired) electrons. The van der Waals surface area contributed by atoms with Gasteiger partial charge >= 0.3 is 5.97 Å². The van der Waals surface area contributed by atoms with Crippen LogP contribution in [-0.4, -0.2) is 74.1 Å². The predicted molar refractivity (Wildman–Crippen MR) is 144 cm³/mol. The van der Waals surface area contributed by atoms with Crippen molar-refractivity contribution in [3.05, 3.63) is 48.5 Å². The Morgan fingerprint density at radius 1 is 1.21 bits per heavy atom. The van der Waals surface area contributed by atoms with Crippen molar-refractivity contribution in [1.82, 2.24) is 24.4 Å². The molecule has 0 unspecified atom stereocenters. The first-order valence-electron chi connectivity index (χ1n) is 13.6. The van der Waals surface area contributed by atoms with Gasteiger partial charge in [-0.15, -0.1) is 0 Å². The first-order valence-corrected chi connectivity index (χ1v) is 13.6. The van der Waals surface area contributed by atoms with Crippen molar-refractivity contribution >= 4 is 23.0 Å². The van der Waals surface area contributed by atoms with Gasteiger partial charge in [-0.25, -0.2) is 15.0 Å². The summed E-state index contributed by atoms with van der Waals surface area (Å²) in [5, 5.41) is 0. The van der Waals surface area contributed by atoms with Crippen molar-refractivity contribution in [1.29, 1.82) is 0 Å². The van der Waals surface area contributed by atoms with Gasteiger partial charge in [0.15, 0.2) is 17.3 Å². The zero-order valence-corrected chi connectivity index (χ0v) is 23.1. The van der Waals surface area contributed by atoms with E-state index in [-0.39, 0.29) is 24.2 Å². The molecule has 210 valence electrons. The lowest BCUT2D eigenvalue weighted by atomic mass is 10.0. The van der Waals surface area contributed by atoms with E-state index in [0.717, 1.165) is 24.9 Å². The fraction of sp³-hybridized carbons (Fsp3) is 0.571. The summed E-state index contributed by atoms with van der Waals surface area (Å²) in [4.78, 5) is 27.5. The molecule has 4 heterocycles. The summed E-state index contributed by atoms with van der Waals surface area (Å²) < 4.78 is 26.6. The van der Waals surface area contributed by atoms with Crippen LogP contribution in [0.2, 0.25) is 0 Å². The minimum absolute atomic E-state index is 0.172. The first kappa shape index (κ1) is 27.4. The summed E-state index contributed by atoms with van der Waals surface area (Å²) in [6.45, 7) is 10.2. The summed E-state index contributed by atoms with van der Waals surface area (Å²) in [7, 11) is 0. The number of carbonyl (C=O) groups excluding carboxylic acids is 1. The molecule has 5 rings (SSSR count). The number of fused-ring (bicyclic) bond motifs is 2. The summed E-state index contributed by atoms with van der Waals surface area (Å²) in [5.41, 5.74) is 7.21. The molecule has 2 fully saturated rings. The average molecular weight is 539 g/mol. The fourth-order valence-electron chi connectivity index (χ4n) is 5.42. The van der Waals surface area contributed by atoms with Crippen molar-refractivity contribution in [3.8, 4) is 0 Å². The molecule has 3 aromatic rings. The summed E-state index contributed by atoms with van der Waals surface area (Å²) in [5.74, 6) is -0.671. The number of anilines is 1. The van der Waals surface area contributed by atoms with E-state index < -0.39 is 11.5 Å². The molecule has 1 aromatic carbocycles. The van der Waals surface area contributed by atoms with Crippen LogP contribution in [-0.2, 0) is 36.1 Å². The number of unbranched alkanes of at least 4 members (excludes halogenated alkanes) is 1. The Bertz CT molecular complexity index is 1280. The monoisotopic (exact) mass is 538 g/mol. The Morgan fingerprint density at radius 3 is 2.77 bits per heavy atom. The first-order chi connectivity index (χ1) is 18.7. The van der Waals surface area contributed by atoms with Gasteiger partial charge in [0.2, 0.25) is 5.72 Å². The summed E-state index contributed by atoms with van der Waals surface area (Å²) in [6, 6.07) is 10.0. The second-order valence-corrected chi connectivity index (χ2v) is 11.0. The van der Waals surface area contributed by atoms with Gasteiger partial charge in [-0.3, -0.25) is 14.3 Å². The maximum Gasteiger partial charge on any atom is 0.306 e. The van der Waals surface area contributed by atoms with E-state index in [0.29, 0.717) is 43.2 Å². The number of nitrogen functional groups attached to an aromatic ring is 1. The van der Waals surface area contributed by atoms with E-state index in [2.05, 4.69) is 33.7 Å². The maximum atomic E-state index is 12.2. The molecule has 0 spiro atoms. The predicted octanol–water partition coefficient (Wildman–Crippen LogP) is 3.24. The van der Waals surface area contributed by atoms with Crippen LogP contribution in [0.4, 0.5) is 5.82 Å². The number of ether oxygens (including phenoxy) is 4. The molecule has 0 amide bonds. The Hall–Kier alpha value is -3.12. The van der Waals surface area contributed by atoms with Crippen LogP contribution in [0, 0.1) is 0 Å². The van der Waals surface area contributed by atoms with Gasteiger partial charge in [0.1, 0.15) is 30.7 Å². The molecule has 39 heavy (non-hydrogen) atoms. The van der Waals surface area contributed by atoms with E-state index >= 15 is 0 Å². The number of imidazole rings is 1. The minimum Gasteiger partial charge on any atom is -0.461 e. The molecule has 2 aliphatic heterocycles. The van der Waals surface area contributed by atoms with Crippen molar-refractivity contribution in [3.63, 3.8) is 0 Å². The minimum atomic E-state index is -0.922. The lowest BCUT2D eigenvalue weighted by molar-refractivity contribution is -0.205. The second kappa shape index (κ2) is 11.2. The van der Waals surface area contributed by atoms with Gasteiger partial charge < -0.3 is 24.7 Å². The highest BCUT2D eigenvalue weighted by Crippen LogP contribution is 2.47. The van der Waals surface area contributed by atoms with Gasteiger partial charge in [0.25, 0.3) is 0 Å². The SMILES string of the molecule is CC(C)N(CCCCC(=O)OCc1ccccc1)C[C@H]1OC[C@]2(n3cnc4c(N)ncnc43)OC(C)(C)O[C@H]12. The van der Waals surface area contributed by atoms with Crippen LogP contribution < -0.4 is 5.73 Å². The molecule has 2 N–H and O–H groups in total. The van der Waals surface area contributed by atoms with Crippen LogP contribution in [0.3, 0.4) is 0 Å². The lowest BCUT2D eigenvalue weighted by Gasteiger charge is -2.31. The van der Waals surface area contributed by atoms with Crippen molar-refractivity contribution in [2.45, 2.75) is 83.3 Å². The van der Waals surface area contributed by atoms with Crippen molar-refractivity contribution in [2.75, 3.05) is 25.4 Å². The molecule has 2 aliphatic rings. The maximum absolute atomic E-state index is 12.2. The normalized spacial score (nSPS) is 24.1. The Kier molecular flexibility index (Phi) is 7.86. The number of carbonyl (C=O) groups is 1. The molecule has 3 atom stereocenters. The average Bonchev–Trinajstić information content (AvgIpc) is 3.56. The lowest BCUT2D eigenvalue weighted by Crippen LogP contribution is -2.47. The quantitative estimate of drug-likeness (QED) is 0.287. The highest BCUT2D eigenvalue weighted by Gasteiger charge is 2.63. The molecule has 2 saturated heterocycles. The number of hydrogen-bond acceptors (Lipinski definition) is 10. The molecule has 0 aliphatic carbocycles. The molecular formula is C28H38N6O5. The Balaban J connectivity index is 1.20. The number of benzene rings is 1. The molecular weight excluding hydrogens is 500 g/mol.